The minimum Gasteiger partial charge on any atom is -0.497 e. The Labute approximate surface area is 204 Å². The molecule has 3 aromatic rings. The van der Waals surface area contributed by atoms with E-state index in [-0.39, 0.29) is 22.1 Å². The number of sulfonamides is 1. The third-order valence-electron chi connectivity index (χ3n) is 5.01. The van der Waals surface area contributed by atoms with Crippen LogP contribution in [0.5, 0.6) is 17.2 Å². The molecule has 0 aliphatic carbocycles. The first-order valence-corrected chi connectivity index (χ1v) is 12.0. The molecule has 0 saturated carbocycles. The number of nitrogens with one attached hydrogen (secondary N) is 2. The van der Waals surface area contributed by atoms with Gasteiger partial charge in [0.15, 0.2) is 11.9 Å². The average molecular weight is 499 g/mol. The fourth-order valence-corrected chi connectivity index (χ4v) is 4.36. The van der Waals surface area contributed by atoms with Gasteiger partial charge in [0.1, 0.15) is 22.1 Å². The maximum absolute atomic E-state index is 13.0. The molecule has 184 valence electrons. The number of benzene rings is 3. The van der Waals surface area contributed by atoms with Crippen molar-refractivity contribution >= 4 is 33.1 Å². The van der Waals surface area contributed by atoms with Gasteiger partial charge in [-0.05, 0) is 80.6 Å². The largest absolute Gasteiger partial charge is 0.497 e. The quantitative estimate of drug-likeness (QED) is 0.404. The molecule has 0 aromatic heterocycles. The smallest absolute Gasteiger partial charge is 0.265 e. The molecule has 0 radical (unpaired) electrons. The second-order valence-electron chi connectivity index (χ2n) is 7.53. The lowest BCUT2D eigenvalue weighted by molar-refractivity contribution is -0.122. The zero-order chi connectivity index (χ0) is 25.6. The van der Waals surface area contributed by atoms with Crippen LogP contribution >= 0.6 is 0 Å². The Hall–Kier alpha value is -4.05. The molecule has 1 amide bonds. The normalized spacial score (nSPS) is 11.8. The standard InChI is InChI=1S/C25H26N2O7S/c1-16(28)18-5-10-22(11-6-18)34-17(2)25(29)26-20-9-14-23(33-4)24(15-20)35(30,31)27-19-7-12-21(32-3)13-8-19/h5-15,17,27H,1-4H3,(H,26,29). The highest BCUT2D eigenvalue weighted by atomic mass is 32.2. The van der Waals surface area contributed by atoms with Crippen LogP contribution < -0.4 is 24.2 Å². The van der Waals surface area contributed by atoms with E-state index in [9.17, 15) is 18.0 Å². The van der Waals surface area contributed by atoms with Crippen molar-refractivity contribution in [2.75, 3.05) is 24.3 Å². The Morgan fingerprint density at radius 2 is 1.43 bits per heavy atom. The fourth-order valence-electron chi connectivity index (χ4n) is 3.10. The zero-order valence-corrected chi connectivity index (χ0v) is 20.5. The zero-order valence-electron chi connectivity index (χ0n) is 19.7. The summed E-state index contributed by atoms with van der Waals surface area (Å²) in [5.41, 5.74) is 1.11. The number of hydrogen-bond acceptors (Lipinski definition) is 7. The van der Waals surface area contributed by atoms with Gasteiger partial charge in [-0.15, -0.1) is 0 Å². The molecule has 0 fully saturated rings. The van der Waals surface area contributed by atoms with Crippen molar-refractivity contribution in [1.82, 2.24) is 0 Å². The summed E-state index contributed by atoms with van der Waals surface area (Å²) in [4.78, 5) is 23.9. The SMILES string of the molecule is COc1ccc(NS(=O)(=O)c2cc(NC(=O)C(C)Oc3ccc(C(C)=O)cc3)ccc2OC)cc1. The molecule has 35 heavy (non-hydrogen) atoms. The number of carbonyl (C=O) groups is 2. The number of anilines is 2. The molecule has 1 atom stereocenters. The molecule has 3 rings (SSSR count). The fraction of sp³-hybridized carbons (Fsp3) is 0.200. The van der Waals surface area contributed by atoms with E-state index in [0.29, 0.717) is 22.7 Å². The summed E-state index contributed by atoms with van der Waals surface area (Å²) in [5, 5.41) is 2.65. The number of rotatable bonds is 10. The summed E-state index contributed by atoms with van der Waals surface area (Å²) in [6.07, 6.45) is -0.891. The molecule has 3 aromatic carbocycles. The first-order chi connectivity index (χ1) is 16.6. The first kappa shape index (κ1) is 25.6. The minimum atomic E-state index is -4.04. The Morgan fingerprint density at radius 3 is 2.00 bits per heavy atom. The van der Waals surface area contributed by atoms with Crippen LogP contribution in [-0.4, -0.2) is 40.4 Å². The van der Waals surface area contributed by atoms with Gasteiger partial charge in [0.05, 0.1) is 14.2 Å². The lowest BCUT2D eigenvalue weighted by Gasteiger charge is -2.17. The summed E-state index contributed by atoms with van der Waals surface area (Å²) in [7, 11) is -1.17. The van der Waals surface area contributed by atoms with Gasteiger partial charge in [-0.2, -0.15) is 0 Å². The number of ketones is 1. The Morgan fingerprint density at radius 1 is 0.829 bits per heavy atom. The van der Waals surface area contributed by atoms with Crippen molar-refractivity contribution in [2.24, 2.45) is 0 Å². The Kier molecular flexibility index (Phi) is 7.98. The molecule has 2 N–H and O–H groups in total. The number of carbonyl (C=O) groups excluding carboxylic acids is 2. The third-order valence-corrected chi connectivity index (χ3v) is 6.41. The van der Waals surface area contributed by atoms with Crippen LogP contribution in [-0.2, 0) is 14.8 Å². The molecule has 0 saturated heterocycles. The van der Waals surface area contributed by atoms with Crippen molar-refractivity contribution in [2.45, 2.75) is 24.8 Å². The number of ether oxygens (including phenoxy) is 3. The molecule has 0 aliphatic rings. The van der Waals surface area contributed by atoms with Gasteiger partial charge in [-0.1, -0.05) is 0 Å². The molecule has 1 unspecified atom stereocenters. The van der Waals surface area contributed by atoms with E-state index in [2.05, 4.69) is 10.0 Å². The average Bonchev–Trinajstić information content (AvgIpc) is 2.84. The Balaban J connectivity index is 1.75. The highest BCUT2D eigenvalue weighted by molar-refractivity contribution is 7.92. The molecule has 9 nitrogen and oxygen atoms in total. The van der Waals surface area contributed by atoms with E-state index < -0.39 is 22.0 Å². The molecule has 0 spiro atoms. The van der Waals surface area contributed by atoms with E-state index in [1.807, 2.05) is 0 Å². The number of methoxy groups -OCH3 is 2. The van der Waals surface area contributed by atoms with Crippen molar-refractivity contribution in [3.63, 3.8) is 0 Å². The van der Waals surface area contributed by atoms with Crippen molar-refractivity contribution in [1.29, 1.82) is 0 Å². The van der Waals surface area contributed by atoms with Crippen LogP contribution in [0.4, 0.5) is 11.4 Å². The molecular formula is C25H26N2O7S. The van der Waals surface area contributed by atoms with Crippen LogP contribution in [0.1, 0.15) is 24.2 Å². The predicted octanol–water partition coefficient (Wildman–Crippen LogP) is 4.11. The van der Waals surface area contributed by atoms with Gasteiger partial charge in [0.2, 0.25) is 0 Å². The van der Waals surface area contributed by atoms with Crippen LogP contribution in [0.2, 0.25) is 0 Å². The van der Waals surface area contributed by atoms with Gasteiger partial charge in [-0.3, -0.25) is 14.3 Å². The number of Topliss-reactive ketones (excluding diaryl/α,β-unsaturated/α-hetero) is 1. The molecular weight excluding hydrogens is 472 g/mol. The third kappa shape index (κ3) is 6.51. The predicted molar refractivity (Wildman–Crippen MR) is 132 cm³/mol. The lowest BCUT2D eigenvalue weighted by atomic mass is 10.1. The van der Waals surface area contributed by atoms with E-state index in [1.165, 1.54) is 39.3 Å². The van der Waals surface area contributed by atoms with Crippen molar-refractivity contribution in [3.05, 3.63) is 72.3 Å². The minimum absolute atomic E-state index is 0.0749. The summed E-state index contributed by atoms with van der Waals surface area (Å²) < 4.78 is 44.5. The van der Waals surface area contributed by atoms with Gasteiger partial charge < -0.3 is 19.5 Å². The van der Waals surface area contributed by atoms with Crippen molar-refractivity contribution < 1.29 is 32.2 Å². The first-order valence-electron chi connectivity index (χ1n) is 10.6. The van der Waals surface area contributed by atoms with E-state index in [1.54, 1.807) is 55.5 Å². The topological polar surface area (TPSA) is 120 Å². The summed E-state index contributed by atoms with van der Waals surface area (Å²) in [6, 6.07) is 17.1. The second kappa shape index (κ2) is 10.9. The van der Waals surface area contributed by atoms with Gasteiger partial charge in [-0.25, -0.2) is 8.42 Å². The monoisotopic (exact) mass is 498 g/mol. The van der Waals surface area contributed by atoms with Gasteiger partial charge >= 0.3 is 0 Å². The molecule has 0 heterocycles. The van der Waals surface area contributed by atoms with E-state index in [4.69, 9.17) is 14.2 Å². The number of hydrogen-bond donors (Lipinski definition) is 2. The van der Waals surface area contributed by atoms with Crippen molar-refractivity contribution in [3.8, 4) is 17.2 Å². The maximum atomic E-state index is 13.0. The molecule has 0 aliphatic heterocycles. The maximum Gasteiger partial charge on any atom is 0.265 e. The molecule has 10 heteroatoms. The molecule has 0 bridgehead atoms. The highest BCUT2D eigenvalue weighted by Gasteiger charge is 2.22. The van der Waals surface area contributed by atoms with Gasteiger partial charge in [0, 0.05) is 16.9 Å². The lowest BCUT2D eigenvalue weighted by Crippen LogP contribution is -2.30. The van der Waals surface area contributed by atoms with E-state index in [0.717, 1.165) is 0 Å². The van der Waals surface area contributed by atoms with Crippen LogP contribution in [0, 0.1) is 0 Å². The van der Waals surface area contributed by atoms with Crippen LogP contribution in [0.15, 0.2) is 71.6 Å². The van der Waals surface area contributed by atoms with Gasteiger partial charge in [0.25, 0.3) is 15.9 Å². The van der Waals surface area contributed by atoms with Crippen LogP contribution in [0.3, 0.4) is 0 Å². The van der Waals surface area contributed by atoms with E-state index >= 15 is 0 Å². The summed E-state index contributed by atoms with van der Waals surface area (Å²) >= 11 is 0. The summed E-state index contributed by atoms with van der Waals surface area (Å²) in [5.74, 6) is 0.547. The highest BCUT2D eigenvalue weighted by Crippen LogP contribution is 2.29. The second-order valence-corrected chi connectivity index (χ2v) is 9.18. The Bertz CT molecular complexity index is 1300. The van der Waals surface area contributed by atoms with Crippen LogP contribution in [0.25, 0.3) is 0 Å². The summed E-state index contributed by atoms with van der Waals surface area (Å²) in [6.45, 7) is 3.02. The number of amides is 1.